The van der Waals surface area contributed by atoms with Gasteiger partial charge in [0.1, 0.15) is 6.29 Å². The third-order valence-corrected chi connectivity index (χ3v) is 2.56. The van der Waals surface area contributed by atoms with Gasteiger partial charge in [-0.2, -0.15) is 0 Å². The van der Waals surface area contributed by atoms with Gasteiger partial charge in [-0.15, -0.1) is 0 Å². The number of aldehydes is 1. The molecule has 1 fully saturated rings. The van der Waals surface area contributed by atoms with Crippen molar-refractivity contribution in [2.75, 3.05) is 6.54 Å². The van der Waals surface area contributed by atoms with Gasteiger partial charge in [0.05, 0.1) is 6.54 Å². The molecule has 3 amide bonds. The van der Waals surface area contributed by atoms with Crippen molar-refractivity contribution in [3.8, 4) is 0 Å². The zero-order valence-corrected chi connectivity index (χ0v) is 8.62. The van der Waals surface area contributed by atoms with Crippen molar-refractivity contribution in [2.24, 2.45) is 5.92 Å². The smallest absolute Gasteiger partial charge is 0.321 e. The number of nitrogens with one attached hydrogen (secondary N) is 2. The number of carbonyl (C=O) groups is 3. The fraction of sp³-hybridized carbons (Fsp3) is 0.700. The van der Waals surface area contributed by atoms with E-state index < -0.39 is 6.03 Å². The normalized spacial score (nSPS) is 16.8. The highest BCUT2D eigenvalue weighted by Crippen LogP contribution is 2.23. The first kappa shape index (κ1) is 11.7. The zero-order chi connectivity index (χ0) is 11.1. The molecule has 0 aromatic carbocycles. The molecular weight excluding hydrogens is 196 g/mol. The number of carbonyl (C=O) groups excluding carboxylic acids is 3. The van der Waals surface area contributed by atoms with Crippen LogP contribution >= 0.6 is 0 Å². The van der Waals surface area contributed by atoms with E-state index in [0.717, 1.165) is 25.7 Å². The summed E-state index contributed by atoms with van der Waals surface area (Å²) in [6.45, 7) is -0.0657. The number of rotatable bonds is 3. The fourth-order valence-corrected chi connectivity index (χ4v) is 1.76. The third-order valence-electron chi connectivity index (χ3n) is 2.56. The van der Waals surface area contributed by atoms with Crippen molar-refractivity contribution in [3.63, 3.8) is 0 Å². The maximum absolute atomic E-state index is 11.5. The summed E-state index contributed by atoms with van der Waals surface area (Å²) in [7, 11) is 0. The molecule has 0 bridgehead atoms. The van der Waals surface area contributed by atoms with Gasteiger partial charge in [-0.1, -0.05) is 19.3 Å². The van der Waals surface area contributed by atoms with Crippen LogP contribution in [-0.4, -0.2) is 24.8 Å². The van der Waals surface area contributed by atoms with Crippen LogP contribution in [0.4, 0.5) is 4.79 Å². The van der Waals surface area contributed by atoms with Crippen molar-refractivity contribution in [3.05, 3.63) is 0 Å². The molecule has 0 aromatic rings. The Labute approximate surface area is 88.6 Å². The lowest BCUT2D eigenvalue weighted by Crippen LogP contribution is -2.43. The molecule has 5 heteroatoms. The minimum Gasteiger partial charge on any atom is -0.331 e. The Morgan fingerprint density at radius 2 is 1.87 bits per heavy atom. The van der Waals surface area contributed by atoms with Crippen molar-refractivity contribution < 1.29 is 14.4 Å². The third kappa shape index (κ3) is 4.10. The Hall–Kier alpha value is -1.39. The van der Waals surface area contributed by atoms with Gasteiger partial charge < -0.3 is 10.1 Å². The van der Waals surface area contributed by atoms with Gasteiger partial charge in [-0.3, -0.25) is 10.1 Å². The standard InChI is InChI=1S/C10H16N2O3/c13-7-6-11-10(15)12-9(14)8-4-2-1-3-5-8/h7-8H,1-6H2,(H2,11,12,14,15). The van der Waals surface area contributed by atoms with Crippen LogP contribution in [0.3, 0.4) is 0 Å². The average Bonchev–Trinajstić information content (AvgIpc) is 2.27. The quantitative estimate of drug-likeness (QED) is 0.672. The molecule has 0 aromatic heterocycles. The molecular formula is C10H16N2O3. The van der Waals surface area contributed by atoms with E-state index >= 15 is 0 Å². The Kier molecular flexibility index (Phi) is 4.80. The maximum Gasteiger partial charge on any atom is 0.321 e. The molecule has 0 spiro atoms. The Morgan fingerprint density at radius 3 is 2.47 bits per heavy atom. The molecule has 1 saturated carbocycles. The van der Waals surface area contributed by atoms with Gasteiger partial charge >= 0.3 is 6.03 Å². The summed E-state index contributed by atoms with van der Waals surface area (Å²) >= 11 is 0. The minimum absolute atomic E-state index is 0.0410. The molecule has 0 aliphatic heterocycles. The van der Waals surface area contributed by atoms with Crippen LogP contribution in [-0.2, 0) is 9.59 Å². The molecule has 0 saturated heterocycles. The van der Waals surface area contributed by atoms with E-state index in [1.54, 1.807) is 0 Å². The van der Waals surface area contributed by atoms with Crippen LogP contribution in [0.1, 0.15) is 32.1 Å². The lowest BCUT2D eigenvalue weighted by molar-refractivity contribution is -0.124. The van der Waals surface area contributed by atoms with Crippen molar-refractivity contribution in [2.45, 2.75) is 32.1 Å². The highest BCUT2D eigenvalue weighted by molar-refractivity contribution is 5.95. The van der Waals surface area contributed by atoms with E-state index in [2.05, 4.69) is 10.6 Å². The van der Waals surface area contributed by atoms with Crippen LogP contribution in [0.2, 0.25) is 0 Å². The Balaban J connectivity index is 2.27. The molecule has 1 aliphatic rings. The van der Waals surface area contributed by atoms with Gasteiger partial charge in [-0.05, 0) is 12.8 Å². The molecule has 0 unspecified atom stereocenters. The van der Waals surface area contributed by atoms with Gasteiger partial charge in [0, 0.05) is 5.92 Å². The van der Waals surface area contributed by atoms with Gasteiger partial charge in [0.25, 0.3) is 0 Å². The summed E-state index contributed by atoms with van der Waals surface area (Å²) in [5, 5.41) is 4.50. The Morgan fingerprint density at radius 1 is 1.20 bits per heavy atom. The lowest BCUT2D eigenvalue weighted by Gasteiger charge is -2.20. The first-order valence-corrected chi connectivity index (χ1v) is 5.26. The van der Waals surface area contributed by atoms with Gasteiger partial charge in [0.15, 0.2) is 0 Å². The summed E-state index contributed by atoms with van der Waals surface area (Å²) in [5.74, 6) is -0.265. The molecule has 1 rings (SSSR count). The lowest BCUT2D eigenvalue weighted by atomic mass is 9.89. The molecule has 0 atom stereocenters. The van der Waals surface area contributed by atoms with E-state index in [0.29, 0.717) is 6.29 Å². The molecule has 2 N–H and O–H groups in total. The SMILES string of the molecule is O=CCNC(=O)NC(=O)C1CCCCC1. The first-order chi connectivity index (χ1) is 7.24. The minimum atomic E-state index is -0.585. The molecule has 5 nitrogen and oxygen atoms in total. The van der Waals surface area contributed by atoms with Crippen molar-refractivity contribution in [1.29, 1.82) is 0 Å². The average molecular weight is 212 g/mol. The fourth-order valence-electron chi connectivity index (χ4n) is 1.76. The summed E-state index contributed by atoms with van der Waals surface area (Å²) in [5.41, 5.74) is 0. The molecule has 15 heavy (non-hydrogen) atoms. The topological polar surface area (TPSA) is 75.3 Å². The van der Waals surface area contributed by atoms with Crippen molar-refractivity contribution in [1.82, 2.24) is 10.6 Å². The van der Waals surface area contributed by atoms with Crippen LogP contribution in [0, 0.1) is 5.92 Å². The van der Waals surface area contributed by atoms with Crippen LogP contribution in [0.15, 0.2) is 0 Å². The molecule has 0 radical (unpaired) electrons. The molecule has 84 valence electrons. The number of amides is 3. The van der Waals surface area contributed by atoms with E-state index in [4.69, 9.17) is 0 Å². The largest absolute Gasteiger partial charge is 0.331 e. The summed E-state index contributed by atoms with van der Waals surface area (Å²) in [4.78, 5) is 32.5. The molecule has 1 aliphatic carbocycles. The van der Waals surface area contributed by atoms with Crippen molar-refractivity contribution >= 4 is 18.2 Å². The van der Waals surface area contributed by atoms with Gasteiger partial charge in [-0.25, -0.2) is 4.79 Å². The maximum atomic E-state index is 11.5. The van der Waals surface area contributed by atoms with Gasteiger partial charge in [0.2, 0.25) is 5.91 Å². The predicted octanol–water partition coefficient (Wildman–Crippen LogP) is 0.591. The van der Waals surface area contributed by atoms with E-state index in [9.17, 15) is 14.4 Å². The summed E-state index contributed by atoms with van der Waals surface area (Å²) < 4.78 is 0. The molecule has 0 heterocycles. The van der Waals surface area contributed by atoms with Crippen LogP contribution < -0.4 is 10.6 Å². The van der Waals surface area contributed by atoms with E-state index in [1.807, 2.05) is 0 Å². The highest BCUT2D eigenvalue weighted by Gasteiger charge is 2.22. The van der Waals surface area contributed by atoms with Crippen LogP contribution in [0.5, 0.6) is 0 Å². The second-order valence-corrected chi connectivity index (χ2v) is 3.70. The van der Waals surface area contributed by atoms with E-state index in [1.165, 1.54) is 6.42 Å². The summed E-state index contributed by atoms with van der Waals surface area (Å²) in [6, 6.07) is -0.585. The number of hydrogen-bond donors (Lipinski definition) is 2. The highest BCUT2D eigenvalue weighted by atomic mass is 16.2. The monoisotopic (exact) mass is 212 g/mol. The Bertz CT molecular complexity index is 247. The number of hydrogen-bond acceptors (Lipinski definition) is 3. The van der Waals surface area contributed by atoms with Crippen LogP contribution in [0.25, 0.3) is 0 Å². The number of urea groups is 1. The second kappa shape index (κ2) is 6.16. The second-order valence-electron chi connectivity index (χ2n) is 3.70. The van der Waals surface area contributed by atoms with E-state index in [-0.39, 0.29) is 18.4 Å². The summed E-state index contributed by atoms with van der Waals surface area (Å²) in [6.07, 6.45) is 5.55. The number of imide groups is 1. The predicted molar refractivity (Wildman–Crippen MR) is 54.2 cm³/mol. The first-order valence-electron chi connectivity index (χ1n) is 5.26. The zero-order valence-electron chi connectivity index (χ0n) is 8.62.